The van der Waals surface area contributed by atoms with E-state index in [1.54, 1.807) is 24.3 Å². The summed E-state index contributed by atoms with van der Waals surface area (Å²) in [5.41, 5.74) is 4.60. The highest BCUT2D eigenvalue weighted by molar-refractivity contribution is 5.80. The number of fused-ring (bicyclic) bond motifs is 1. The van der Waals surface area contributed by atoms with Crippen LogP contribution in [0.1, 0.15) is 21.5 Å². The fraction of sp³-hybridized carbons (Fsp3) is 0.125. The summed E-state index contributed by atoms with van der Waals surface area (Å²) < 4.78 is 7.56. The molecule has 0 aliphatic rings. The van der Waals surface area contributed by atoms with Crippen molar-refractivity contribution in [1.29, 1.82) is 0 Å². The van der Waals surface area contributed by atoms with Crippen molar-refractivity contribution in [3.8, 4) is 5.75 Å². The first-order valence-electron chi connectivity index (χ1n) is 9.64. The van der Waals surface area contributed by atoms with Crippen molar-refractivity contribution >= 4 is 23.2 Å². The number of hydrogen-bond acceptors (Lipinski definition) is 4. The van der Waals surface area contributed by atoms with Crippen LogP contribution in [0, 0.1) is 0 Å². The predicted molar refractivity (Wildman–Crippen MR) is 114 cm³/mol. The van der Waals surface area contributed by atoms with E-state index < -0.39 is 0 Å². The van der Waals surface area contributed by atoms with Gasteiger partial charge in [0.25, 0.3) is 5.91 Å². The lowest BCUT2D eigenvalue weighted by Gasteiger charge is -2.10. The molecule has 1 N–H and O–H groups in total. The minimum absolute atomic E-state index is 0.147. The summed E-state index contributed by atoms with van der Waals surface area (Å²) in [6, 6.07) is 22.9. The Hall–Kier alpha value is -3.93. The molecule has 0 aliphatic heterocycles. The summed E-state index contributed by atoms with van der Waals surface area (Å²) in [5.74, 6) is 0.152. The van der Waals surface area contributed by atoms with E-state index in [1.807, 2.05) is 36.7 Å². The molecule has 150 valence electrons. The van der Waals surface area contributed by atoms with Crippen molar-refractivity contribution in [1.82, 2.24) is 14.9 Å². The van der Waals surface area contributed by atoms with Gasteiger partial charge in [0.05, 0.1) is 22.9 Å². The van der Waals surface area contributed by atoms with Gasteiger partial charge in [0.1, 0.15) is 5.75 Å². The summed E-state index contributed by atoms with van der Waals surface area (Å²) in [6.45, 7) is 0.954. The molecule has 1 aromatic heterocycles. The molecule has 6 heteroatoms. The van der Waals surface area contributed by atoms with Gasteiger partial charge in [-0.25, -0.2) is 4.98 Å². The van der Waals surface area contributed by atoms with Crippen molar-refractivity contribution < 1.29 is 14.3 Å². The van der Waals surface area contributed by atoms with Crippen LogP contribution in [0.3, 0.4) is 0 Å². The quantitative estimate of drug-likeness (QED) is 0.460. The zero-order valence-corrected chi connectivity index (χ0v) is 16.3. The fourth-order valence-electron chi connectivity index (χ4n) is 3.28. The first kappa shape index (κ1) is 19.4. The molecule has 0 bridgehead atoms. The first-order valence-corrected chi connectivity index (χ1v) is 9.64. The Morgan fingerprint density at radius 2 is 1.80 bits per heavy atom. The SMILES string of the molecule is O=Cc1ccccc1OCC(=O)NCc1cccc(Cn2cnc3ccccc32)c1. The minimum Gasteiger partial charge on any atom is -0.483 e. The maximum atomic E-state index is 12.1. The van der Waals surface area contributed by atoms with E-state index in [1.165, 1.54) is 0 Å². The molecule has 1 amide bonds. The van der Waals surface area contributed by atoms with Gasteiger partial charge in [0.15, 0.2) is 12.9 Å². The number of para-hydroxylation sites is 3. The molecule has 30 heavy (non-hydrogen) atoms. The molecule has 6 nitrogen and oxygen atoms in total. The van der Waals surface area contributed by atoms with Crippen LogP contribution in [0.25, 0.3) is 11.0 Å². The van der Waals surface area contributed by atoms with E-state index in [4.69, 9.17) is 4.74 Å². The van der Waals surface area contributed by atoms with Crippen LogP contribution >= 0.6 is 0 Å². The predicted octanol–water partition coefficient (Wildman–Crippen LogP) is 3.59. The third-order valence-electron chi connectivity index (χ3n) is 4.77. The summed E-state index contributed by atoms with van der Waals surface area (Å²) >= 11 is 0. The van der Waals surface area contributed by atoms with Crippen LogP contribution in [0.2, 0.25) is 0 Å². The van der Waals surface area contributed by atoms with Crippen LogP contribution in [0.4, 0.5) is 0 Å². The maximum absolute atomic E-state index is 12.1. The highest BCUT2D eigenvalue weighted by Gasteiger charge is 2.07. The van der Waals surface area contributed by atoms with E-state index in [0.29, 0.717) is 30.7 Å². The Labute approximate surface area is 174 Å². The number of nitrogens with zero attached hydrogens (tertiary/aromatic N) is 2. The van der Waals surface area contributed by atoms with Crippen molar-refractivity contribution in [2.24, 2.45) is 0 Å². The number of carbonyl (C=O) groups is 2. The summed E-state index contributed by atoms with van der Waals surface area (Å²) in [6.07, 6.45) is 2.55. The topological polar surface area (TPSA) is 73.2 Å². The number of carbonyl (C=O) groups excluding carboxylic acids is 2. The first-order chi connectivity index (χ1) is 14.7. The number of hydrogen-bond donors (Lipinski definition) is 1. The number of ether oxygens (including phenoxy) is 1. The molecule has 0 aliphatic carbocycles. The van der Waals surface area contributed by atoms with E-state index >= 15 is 0 Å². The second-order valence-corrected chi connectivity index (χ2v) is 6.90. The zero-order valence-electron chi connectivity index (χ0n) is 16.3. The molecule has 0 fully saturated rings. The largest absolute Gasteiger partial charge is 0.483 e. The van der Waals surface area contributed by atoms with Gasteiger partial charge in [-0.1, -0.05) is 48.5 Å². The number of amides is 1. The van der Waals surface area contributed by atoms with Crippen LogP contribution < -0.4 is 10.1 Å². The Kier molecular flexibility index (Phi) is 5.85. The van der Waals surface area contributed by atoms with Crippen LogP contribution in [-0.2, 0) is 17.9 Å². The highest BCUT2D eigenvalue weighted by Crippen LogP contribution is 2.16. The van der Waals surface area contributed by atoms with E-state index in [9.17, 15) is 9.59 Å². The number of nitrogens with one attached hydrogen (secondary N) is 1. The second kappa shape index (κ2) is 9.05. The van der Waals surface area contributed by atoms with Crippen molar-refractivity contribution in [3.63, 3.8) is 0 Å². The summed E-state index contributed by atoms with van der Waals surface area (Å²) in [5, 5.41) is 2.85. The third-order valence-corrected chi connectivity index (χ3v) is 4.77. The summed E-state index contributed by atoms with van der Waals surface area (Å²) in [7, 11) is 0. The van der Waals surface area contributed by atoms with Gasteiger partial charge in [0.2, 0.25) is 0 Å². The standard InChI is InChI=1S/C24H21N3O3/c28-15-20-8-1-4-11-23(20)30-16-24(29)25-13-18-6-5-7-19(12-18)14-27-17-26-21-9-2-3-10-22(21)27/h1-12,15,17H,13-14,16H2,(H,25,29). The minimum atomic E-state index is -0.248. The van der Waals surface area contributed by atoms with Crippen molar-refractivity contribution in [3.05, 3.63) is 95.8 Å². The molecular weight excluding hydrogens is 378 g/mol. The van der Waals surface area contributed by atoms with E-state index in [0.717, 1.165) is 22.2 Å². The average Bonchev–Trinajstić information content (AvgIpc) is 3.19. The molecular formula is C24H21N3O3. The molecule has 3 aromatic carbocycles. The average molecular weight is 399 g/mol. The molecule has 0 radical (unpaired) electrons. The molecule has 4 aromatic rings. The Morgan fingerprint density at radius 3 is 2.70 bits per heavy atom. The number of aldehydes is 1. The molecule has 0 saturated carbocycles. The third kappa shape index (κ3) is 4.55. The summed E-state index contributed by atoms with van der Waals surface area (Å²) in [4.78, 5) is 27.6. The van der Waals surface area contributed by atoms with Gasteiger partial charge in [-0.15, -0.1) is 0 Å². The fourth-order valence-corrected chi connectivity index (χ4v) is 3.28. The Bertz CT molecular complexity index is 1180. The van der Waals surface area contributed by atoms with Gasteiger partial charge >= 0.3 is 0 Å². The van der Waals surface area contributed by atoms with Gasteiger partial charge in [-0.05, 0) is 35.4 Å². The van der Waals surface area contributed by atoms with Crippen LogP contribution in [0.5, 0.6) is 5.75 Å². The molecule has 1 heterocycles. The Morgan fingerprint density at radius 1 is 1.00 bits per heavy atom. The van der Waals surface area contributed by atoms with Gasteiger partial charge in [-0.3, -0.25) is 9.59 Å². The molecule has 4 rings (SSSR count). The molecule has 0 unspecified atom stereocenters. The lowest BCUT2D eigenvalue weighted by Crippen LogP contribution is -2.28. The maximum Gasteiger partial charge on any atom is 0.258 e. The molecule has 0 saturated heterocycles. The lowest BCUT2D eigenvalue weighted by molar-refractivity contribution is -0.123. The van der Waals surface area contributed by atoms with Crippen molar-refractivity contribution in [2.45, 2.75) is 13.1 Å². The van der Waals surface area contributed by atoms with Gasteiger partial charge in [0, 0.05) is 13.1 Å². The van der Waals surface area contributed by atoms with E-state index in [2.05, 4.69) is 33.1 Å². The number of benzene rings is 3. The van der Waals surface area contributed by atoms with Crippen LogP contribution in [0.15, 0.2) is 79.1 Å². The van der Waals surface area contributed by atoms with E-state index in [-0.39, 0.29) is 12.5 Å². The monoisotopic (exact) mass is 399 g/mol. The van der Waals surface area contributed by atoms with Gasteiger partial charge < -0.3 is 14.6 Å². The number of rotatable bonds is 8. The van der Waals surface area contributed by atoms with Crippen molar-refractivity contribution in [2.75, 3.05) is 6.61 Å². The second-order valence-electron chi connectivity index (χ2n) is 6.90. The Balaban J connectivity index is 1.34. The number of imidazole rings is 1. The van der Waals surface area contributed by atoms with Crippen LogP contribution in [-0.4, -0.2) is 28.4 Å². The molecule has 0 spiro atoms. The zero-order chi connectivity index (χ0) is 20.8. The smallest absolute Gasteiger partial charge is 0.258 e. The molecule has 0 atom stereocenters. The normalized spacial score (nSPS) is 10.7. The number of aromatic nitrogens is 2. The van der Waals surface area contributed by atoms with Gasteiger partial charge in [-0.2, -0.15) is 0 Å². The lowest BCUT2D eigenvalue weighted by atomic mass is 10.1. The highest BCUT2D eigenvalue weighted by atomic mass is 16.5.